The van der Waals surface area contributed by atoms with Gasteiger partial charge in [0.25, 0.3) is 0 Å². The summed E-state index contributed by atoms with van der Waals surface area (Å²) in [6, 6.07) is 0.474. The second-order valence-corrected chi connectivity index (χ2v) is 6.16. The van der Waals surface area contributed by atoms with Crippen LogP contribution in [0.25, 0.3) is 0 Å². The SMILES string of the molecule is CC(C)CC(NC1CCN(C)CC1)C(=O)N(C)C. The molecule has 0 aromatic carbocycles. The van der Waals surface area contributed by atoms with Gasteiger partial charge in [-0.05, 0) is 45.3 Å². The zero-order valence-corrected chi connectivity index (χ0v) is 12.6. The number of amides is 1. The molecule has 1 unspecified atom stereocenters. The molecule has 1 rings (SSSR count). The van der Waals surface area contributed by atoms with Gasteiger partial charge in [-0.15, -0.1) is 0 Å². The largest absolute Gasteiger partial charge is 0.347 e. The van der Waals surface area contributed by atoms with E-state index in [1.165, 1.54) is 0 Å². The van der Waals surface area contributed by atoms with Gasteiger partial charge in [0.15, 0.2) is 0 Å². The Morgan fingerprint density at radius 1 is 1.33 bits per heavy atom. The summed E-state index contributed by atoms with van der Waals surface area (Å²) in [5.41, 5.74) is 0. The van der Waals surface area contributed by atoms with Gasteiger partial charge in [0.1, 0.15) is 0 Å². The monoisotopic (exact) mass is 255 g/mol. The number of carbonyl (C=O) groups is 1. The fourth-order valence-electron chi connectivity index (χ4n) is 2.48. The Hall–Kier alpha value is -0.610. The van der Waals surface area contributed by atoms with Crippen LogP contribution < -0.4 is 5.32 Å². The van der Waals surface area contributed by atoms with Crippen molar-refractivity contribution in [2.45, 2.75) is 45.2 Å². The number of hydrogen-bond acceptors (Lipinski definition) is 3. The average molecular weight is 255 g/mol. The molecule has 1 N–H and O–H groups in total. The minimum absolute atomic E-state index is 0.0200. The lowest BCUT2D eigenvalue weighted by atomic mass is 9.99. The molecule has 0 aliphatic carbocycles. The van der Waals surface area contributed by atoms with Gasteiger partial charge >= 0.3 is 0 Å². The Kier molecular flexibility index (Phi) is 6.09. The highest BCUT2D eigenvalue weighted by atomic mass is 16.2. The molecule has 1 atom stereocenters. The van der Waals surface area contributed by atoms with Gasteiger partial charge in [0.05, 0.1) is 6.04 Å². The van der Waals surface area contributed by atoms with Gasteiger partial charge < -0.3 is 15.1 Å². The highest BCUT2D eigenvalue weighted by molar-refractivity contribution is 5.81. The van der Waals surface area contributed by atoms with Crippen LogP contribution in [-0.4, -0.2) is 62.0 Å². The quantitative estimate of drug-likeness (QED) is 0.801. The third-order valence-corrected chi connectivity index (χ3v) is 3.60. The van der Waals surface area contributed by atoms with Crippen molar-refractivity contribution in [2.24, 2.45) is 5.92 Å². The van der Waals surface area contributed by atoms with Crippen molar-refractivity contribution in [3.8, 4) is 0 Å². The van der Waals surface area contributed by atoms with Gasteiger partial charge in [-0.3, -0.25) is 4.79 Å². The summed E-state index contributed by atoms with van der Waals surface area (Å²) in [5, 5.41) is 3.57. The zero-order valence-electron chi connectivity index (χ0n) is 12.6. The fourth-order valence-corrected chi connectivity index (χ4v) is 2.48. The van der Waals surface area contributed by atoms with Gasteiger partial charge in [0, 0.05) is 20.1 Å². The number of nitrogens with zero attached hydrogens (tertiary/aromatic N) is 2. The number of hydrogen-bond donors (Lipinski definition) is 1. The van der Waals surface area contributed by atoms with Crippen LogP contribution in [0, 0.1) is 5.92 Å². The van der Waals surface area contributed by atoms with E-state index >= 15 is 0 Å². The van der Waals surface area contributed by atoms with Crippen LogP contribution in [0.4, 0.5) is 0 Å². The van der Waals surface area contributed by atoms with E-state index in [2.05, 4.69) is 31.1 Å². The molecule has 0 radical (unpaired) electrons. The van der Waals surface area contributed by atoms with E-state index in [9.17, 15) is 4.79 Å². The third-order valence-electron chi connectivity index (χ3n) is 3.60. The third kappa shape index (κ3) is 4.94. The van der Waals surface area contributed by atoms with Gasteiger partial charge in [-0.1, -0.05) is 13.8 Å². The van der Waals surface area contributed by atoms with Crippen LogP contribution in [0.2, 0.25) is 0 Å². The van der Waals surface area contributed by atoms with E-state index in [1.807, 2.05) is 14.1 Å². The number of carbonyl (C=O) groups excluding carboxylic acids is 1. The van der Waals surface area contributed by atoms with E-state index in [0.717, 1.165) is 32.4 Å². The van der Waals surface area contributed by atoms with E-state index < -0.39 is 0 Å². The van der Waals surface area contributed by atoms with Crippen molar-refractivity contribution in [1.29, 1.82) is 0 Å². The first-order valence-electron chi connectivity index (χ1n) is 7.06. The molecule has 18 heavy (non-hydrogen) atoms. The van der Waals surface area contributed by atoms with Crippen molar-refractivity contribution in [3.63, 3.8) is 0 Å². The van der Waals surface area contributed by atoms with Crippen molar-refractivity contribution in [2.75, 3.05) is 34.2 Å². The molecule has 1 aliphatic rings. The van der Waals surface area contributed by atoms with Crippen molar-refractivity contribution >= 4 is 5.91 Å². The maximum absolute atomic E-state index is 12.2. The van der Waals surface area contributed by atoms with E-state index in [0.29, 0.717) is 12.0 Å². The Labute approximate surface area is 112 Å². The Morgan fingerprint density at radius 3 is 2.33 bits per heavy atom. The first-order valence-corrected chi connectivity index (χ1v) is 7.06. The second-order valence-electron chi connectivity index (χ2n) is 6.16. The summed E-state index contributed by atoms with van der Waals surface area (Å²) < 4.78 is 0. The molecule has 0 bridgehead atoms. The average Bonchev–Trinajstić information content (AvgIpc) is 2.29. The molecule has 1 heterocycles. The van der Waals surface area contributed by atoms with Crippen LogP contribution in [0.5, 0.6) is 0 Å². The lowest BCUT2D eigenvalue weighted by Gasteiger charge is -2.33. The molecule has 0 aromatic rings. The maximum atomic E-state index is 12.2. The van der Waals surface area contributed by atoms with Crippen molar-refractivity contribution in [3.05, 3.63) is 0 Å². The van der Waals surface area contributed by atoms with Crippen molar-refractivity contribution in [1.82, 2.24) is 15.1 Å². The van der Waals surface area contributed by atoms with E-state index in [1.54, 1.807) is 4.90 Å². The Balaban J connectivity index is 2.52. The van der Waals surface area contributed by atoms with Crippen LogP contribution >= 0.6 is 0 Å². The summed E-state index contributed by atoms with van der Waals surface area (Å²) >= 11 is 0. The van der Waals surface area contributed by atoms with Crippen molar-refractivity contribution < 1.29 is 4.79 Å². The van der Waals surface area contributed by atoms with Crippen LogP contribution in [-0.2, 0) is 4.79 Å². The summed E-state index contributed by atoms with van der Waals surface area (Å²) in [5.74, 6) is 0.750. The number of likely N-dealkylation sites (tertiary alicyclic amines) is 1. The first kappa shape index (κ1) is 15.4. The normalized spacial score (nSPS) is 20.1. The minimum atomic E-state index is -0.0200. The zero-order chi connectivity index (χ0) is 13.7. The fraction of sp³-hybridized carbons (Fsp3) is 0.929. The predicted octanol–water partition coefficient (Wildman–Crippen LogP) is 1.17. The topological polar surface area (TPSA) is 35.6 Å². The van der Waals surface area contributed by atoms with E-state index in [4.69, 9.17) is 0 Å². The predicted molar refractivity (Wildman–Crippen MR) is 75.6 cm³/mol. The Morgan fingerprint density at radius 2 is 1.89 bits per heavy atom. The molecular weight excluding hydrogens is 226 g/mol. The highest BCUT2D eigenvalue weighted by Crippen LogP contribution is 2.13. The Bertz CT molecular complexity index is 258. The highest BCUT2D eigenvalue weighted by Gasteiger charge is 2.26. The molecule has 0 saturated carbocycles. The molecule has 0 spiro atoms. The molecule has 1 fully saturated rings. The standard InChI is InChI=1S/C14H29N3O/c1-11(2)10-13(14(18)16(3)4)15-12-6-8-17(5)9-7-12/h11-13,15H,6-10H2,1-5H3. The molecule has 1 aliphatic heterocycles. The molecule has 106 valence electrons. The molecule has 1 amide bonds. The molecular formula is C14H29N3O. The van der Waals surface area contributed by atoms with Crippen LogP contribution in [0.3, 0.4) is 0 Å². The molecule has 4 heteroatoms. The van der Waals surface area contributed by atoms with Crippen LogP contribution in [0.15, 0.2) is 0 Å². The second kappa shape index (κ2) is 7.10. The molecule has 1 saturated heterocycles. The summed E-state index contributed by atoms with van der Waals surface area (Å²) in [6.45, 7) is 6.60. The summed E-state index contributed by atoms with van der Waals surface area (Å²) in [4.78, 5) is 16.2. The summed E-state index contributed by atoms with van der Waals surface area (Å²) in [7, 11) is 5.84. The number of nitrogens with one attached hydrogen (secondary N) is 1. The smallest absolute Gasteiger partial charge is 0.239 e. The lowest BCUT2D eigenvalue weighted by Crippen LogP contribution is -2.51. The lowest BCUT2D eigenvalue weighted by molar-refractivity contribution is -0.131. The maximum Gasteiger partial charge on any atom is 0.239 e. The molecule has 0 aromatic heterocycles. The minimum Gasteiger partial charge on any atom is -0.347 e. The van der Waals surface area contributed by atoms with Gasteiger partial charge in [-0.2, -0.15) is 0 Å². The molecule has 4 nitrogen and oxygen atoms in total. The van der Waals surface area contributed by atoms with E-state index in [-0.39, 0.29) is 11.9 Å². The summed E-state index contributed by atoms with van der Waals surface area (Å²) in [6.07, 6.45) is 3.21. The number of likely N-dealkylation sites (N-methyl/N-ethyl adjacent to an activating group) is 1. The number of piperidine rings is 1. The first-order chi connectivity index (χ1) is 8.40. The van der Waals surface area contributed by atoms with Gasteiger partial charge in [-0.25, -0.2) is 0 Å². The van der Waals surface area contributed by atoms with Crippen LogP contribution in [0.1, 0.15) is 33.1 Å². The van der Waals surface area contributed by atoms with Gasteiger partial charge in [0.2, 0.25) is 5.91 Å². The number of rotatable bonds is 5.